The number of para-hydroxylation sites is 2. The summed E-state index contributed by atoms with van der Waals surface area (Å²) in [6.07, 6.45) is 1.04. The number of rotatable bonds is 3. The molecular formula is C17H20N2O5. The molecule has 7 nitrogen and oxygen atoms in total. The summed E-state index contributed by atoms with van der Waals surface area (Å²) >= 11 is 0. The summed E-state index contributed by atoms with van der Waals surface area (Å²) in [6, 6.07) is 6.75. The fourth-order valence-electron chi connectivity index (χ4n) is 3.03. The predicted octanol–water partition coefficient (Wildman–Crippen LogP) is 1.47. The summed E-state index contributed by atoms with van der Waals surface area (Å²) in [5.41, 5.74) is 1.18. The first-order valence-corrected chi connectivity index (χ1v) is 8.05. The lowest BCUT2D eigenvalue weighted by atomic mass is 10.1. The lowest BCUT2D eigenvalue weighted by molar-refractivity contribution is -0.157. The molecule has 7 heteroatoms. The van der Waals surface area contributed by atoms with Gasteiger partial charge in [-0.15, -0.1) is 0 Å². The Hall–Kier alpha value is -2.41. The molecule has 128 valence electrons. The number of anilines is 2. The zero-order valence-corrected chi connectivity index (χ0v) is 13.5. The monoisotopic (exact) mass is 332 g/mol. The van der Waals surface area contributed by atoms with Gasteiger partial charge in [0.2, 0.25) is 5.91 Å². The van der Waals surface area contributed by atoms with Crippen molar-refractivity contribution in [1.29, 1.82) is 0 Å². The van der Waals surface area contributed by atoms with Gasteiger partial charge in [0, 0.05) is 19.1 Å². The van der Waals surface area contributed by atoms with Gasteiger partial charge in [-0.3, -0.25) is 9.59 Å². The van der Waals surface area contributed by atoms with Gasteiger partial charge in [-0.05, 0) is 31.9 Å². The Kier molecular flexibility index (Phi) is 4.80. The maximum Gasteiger partial charge on any atom is 0.335 e. The average Bonchev–Trinajstić information content (AvgIpc) is 3.04. The fourth-order valence-corrected chi connectivity index (χ4v) is 3.03. The first kappa shape index (κ1) is 16.4. The number of nitrogens with one attached hydrogen (secondary N) is 1. The lowest BCUT2D eigenvalue weighted by Crippen LogP contribution is -2.42. The Morgan fingerprint density at radius 3 is 2.92 bits per heavy atom. The average molecular weight is 332 g/mol. The standard InChI is InChI=1S/C17H20N2O5/c1-11-9-15(20)18-12-5-2-3-6-13(12)19(11)16(21)10-24-17(22)14-7-4-8-23-14/h2-3,5-6,11,14H,4,7-10H2,1H3,(H,18,20)/t11-,14-/m0/s1. The van der Waals surface area contributed by atoms with E-state index in [1.807, 2.05) is 0 Å². The quantitative estimate of drug-likeness (QED) is 0.847. The number of carbonyl (C=O) groups excluding carboxylic acids is 3. The Morgan fingerprint density at radius 1 is 1.38 bits per heavy atom. The third kappa shape index (κ3) is 3.41. The van der Waals surface area contributed by atoms with Crippen LogP contribution >= 0.6 is 0 Å². The number of ether oxygens (including phenoxy) is 2. The van der Waals surface area contributed by atoms with Crippen LogP contribution in [0.5, 0.6) is 0 Å². The van der Waals surface area contributed by atoms with E-state index >= 15 is 0 Å². The van der Waals surface area contributed by atoms with Gasteiger partial charge in [-0.2, -0.15) is 0 Å². The second-order valence-electron chi connectivity index (χ2n) is 5.99. The van der Waals surface area contributed by atoms with E-state index in [9.17, 15) is 14.4 Å². The van der Waals surface area contributed by atoms with Crippen LogP contribution in [-0.4, -0.2) is 43.1 Å². The first-order valence-electron chi connectivity index (χ1n) is 8.05. The van der Waals surface area contributed by atoms with Crippen LogP contribution in [0.15, 0.2) is 24.3 Å². The molecule has 1 N–H and O–H groups in total. The molecule has 1 saturated heterocycles. The maximum atomic E-state index is 12.6. The number of benzene rings is 1. The molecule has 2 amide bonds. The van der Waals surface area contributed by atoms with Crippen LogP contribution in [0.4, 0.5) is 11.4 Å². The molecule has 2 atom stereocenters. The van der Waals surface area contributed by atoms with Crippen LogP contribution < -0.4 is 10.2 Å². The topological polar surface area (TPSA) is 84.9 Å². The summed E-state index contributed by atoms with van der Waals surface area (Å²) in [4.78, 5) is 37.9. The Morgan fingerprint density at radius 2 is 2.17 bits per heavy atom. The highest BCUT2D eigenvalue weighted by atomic mass is 16.6. The molecule has 0 saturated carbocycles. The minimum absolute atomic E-state index is 0.151. The molecule has 1 aromatic carbocycles. The lowest BCUT2D eigenvalue weighted by Gasteiger charge is -2.27. The van der Waals surface area contributed by atoms with Crippen molar-refractivity contribution in [2.45, 2.75) is 38.3 Å². The largest absolute Gasteiger partial charge is 0.454 e. The highest BCUT2D eigenvalue weighted by molar-refractivity contribution is 6.05. The molecule has 2 aliphatic rings. The first-order chi connectivity index (χ1) is 11.6. The zero-order chi connectivity index (χ0) is 17.1. The molecule has 2 heterocycles. The van der Waals surface area contributed by atoms with Crippen LogP contribution in [0.3, 0.4) is 0 Å². The predicted molar refractivity (Wildman–Crippen MR) is 86.6 cm³/mol. The Bertz CT molecular complexity index is 654. The minimum atomic E-state index is -0.574. The second-order valence-corrected chi connectivity index (χ2v) is 5.99. The number of carbonyl (C=O) groups is 3. The van der Waals surface area contributed by atoms with E-state index in [-0.39, 0.29) is 30.9 Å². The van der Waals surface area contributed by atoms with Crippen molar-refractivity contribution in [3.63, 3.8) is 0 Å². The SMILES string of the molecule is C[C@H]1CC(=O)Nc2ccccc2N1C(=O)COC(=O)[C@@H]1CCCO1. The summed E-state index contributed by atoms with van der Waals surface area (Å²) in [6.45, 7) is 1.96. The molecule has 0 bridgehead atoms. The molecule has 0 radical (unpaired) electrons. The van der Waals surface area contributed by atoms with Gasteiger partial charge in [0.25, 0.3) is 5.91 Å². The van der Waals surface area contributed by atoms with E-state index < -0.39 is 12.1 Å². The van der Waals surface area contributed by atoms with Crippen molar-refractivity contribution in [2.75, 3.05) is 23.4 Å². The van der Waals surface area contributed by atoms with Crippen molar-refractivity contribution in [3.8, 4) is 0 Å². The van der Waals surface area contributed by atoms with Gasteiger partial charge >= 0.3 is 5.97 Å². The van der Waals surface area contributed by atoms with Crippen LogP contribution in [0.25, 0.3) is 0 Å². The van der Waals surface area contributed by atoms with E-state index in [1.54, 1.807) is 31.2 Å². The third-order valence-electron chi connectivity index (χ3n) is 4.16. The minimum Gasteiger partial charge on any atom is -0.454 e. The Balaban J connectivity index is 1.72. The number of nitrogens with zero attached hydrogens (tertiary/aromatic N) is 1. The number of esters is 1. The molecule has 0 aliphatic carbocycles. The number of amides is 2. The summed E-state index contributed by atoms with van der Waals surface area (Å²) < 4.78 is 10.4. The summed E-state index contributed by atoms with van der Waals surface area (Å²) in [7, 11) is 0. The van der Waals surface area contributed by atoms with Crippen molar-refractivity contribution in [1.82, 2.24) is 0 Å². The number of hydrogen-bond donors (Lipinski definition) is 1. The maximum absolute atomic E-state index is 12.6. The van der Waals surface area contributed by atoms with Crippen molar-refractivity contribution < 1.29 is 23.9 Å². The van der Waals surface area contributed by atoms with Gasteiger partial charge in [-0.25, -0.2) is 4.79 Å². The molecular weight excluding hydrogens is 312 g/mol. The van der Waals surface area contributed by atoms with Crippen molar-refractivity contribution in [2.24, 2.45) is 0 Å². The normalized spacial score (nSPS) is 23.2. The molecule has 1 fully saturated rings. The molecule has 1 aromatic rings. The van der Waals surface area contributed by atoms with Gasteiger partial charge in [0.05, 0.1) is 11.4 Å². The van der Waals surface area contributed by atoms with E-state index in [0.717, 1.165) is 6.42 Å². The van der Waals surface area contributed by atoms with Crippen LogP contribution in [0, 0.1) is 0 Å². The van der Waals surface area contributed by atoms with Gasteiger partial charge in [0.1, 0.15) is 0 Å². The third-order valence-corrected chi connectivity index (χ3v) is 4.16. The highest BCUT2D eigenvalue weighted by Gasteiger charge is 2.31. The van der Waals surface area contributed by atoms with E-state index in [4.69, 9.17) is 9.47 Å². The van der Waals surface area contributed by atoms with Crippen LogP contribution in [0.2, 0.25) is 0 Å². The number of hydrogen-bond acceptors (Lipinski definition) is 5. The molecule has 3 rings (SSSR count). The molecule has 24 heavy (non-hydrogen) atoms. The fraction of sp³-hybridized carbons (Fsp3) is 0.471. The van der Waals surface area contributed by atoms with Gasteiger partial charge in [-0.1, -0.05) is 12.1 Å². The van der Waals surface area contributed by atoms with E-state index in [1.165, 1.54) is 4.90 Å². The molecule has 2 aliphatic heterocycles. The van der Waals surface area contributed by atoms with Crippen LogP contribution in [-0.2, 0) is 23.9 Å². The molecule has 0 spiro atoms. The summed E-state index contributed by atoms with van der Waals surface area (Å²) in [5, 5.41) is 2.79. The van der Waals surface area contributed by atoms with Gasteiger partial charge in [0.15, 0.2) is 12.7 Å². The highest BCUT2D eigenvalue weighted by Crippen LogP contribution is 2.31. The summed E-state index contributed by atoms with van der Waals surface area (Å²) in [5.74, 6) is -1.02. The van der Waals surface area contributed by atoms with Crippen molar-refractivity contribution in [3.05, 3.63) is 24.3 Å². The smallest absolute Gasteiger partial charge is 0.335 e. The van der Waals surface area contributed by atoms with E-state index in [2.05, 4.69) is 5.32 Å². The molecule has 0 unspecified atom stereocenters. The Labute approximate surface area is 139 Å². The van der Waals surface area contributed by atoms with E-state index in [0.29, 0.717) is 24.4 Å². The second kappa shape index (κ2) is 7.00. The van der Waals surface area contributed by atoms with Crippen molar-refractivity contribution >= 4 is 29.2 Å². The zero-order valence-electron chi connectivity index (χ0n) is 13.5. The van der Waals surface area contributed by atoms with Crippen LogP contribution in [0.1, 0.15) is 26.2 Å². The molecule has 0 aromatic heterocycles. The van der Waals surface area contributed by atoms with Gasteiger partial charge < -0.3 is 19.7 Å². The number of fused-ring (bicyclic) bond motifs is 1.